The van der Waals surface area contributed by atoms with Crippen molar-refractivity contribution in [3.63, 3.8) is 0 Å². The predicted octanol–water partition coefficient (Wildman–Crippen LogP) is 1.54. The molecule has 0 bridgehead atoms. The average molecular weight is 331 g/mol. The zero-order valence-electron chi connectivity index (χ0n) is 15.0. The Morgan fingerprint density at radius 1 is 1.12 bits per heavy atom. The van der Waals surface area contributed by atoms with Gasteiger partial charge in [-0.25, -0.2) is 4.98 Å². The molecular formula is C18H29N5O. The fraction of sp³-hybridized carbons (Fsp3) is 0.778. The van der Waals surface area contributed by atoms with Gasteiger partial charge in [0.25, 0.3) is 0 Å². The van der Waals surface area contributed by atoms with Gasteiger partial charge in [0.1, 0.15) is 5.82 Å². The Hall–Kier alpha value is -1.40. The number of fused-ring (bicyclic) bond motifs is 1. The SMILES string of the molecule is CN(C)c1nc(N2CCOCC2)nc2c1CN(CC1CCC1)CC2. The Labute approximate surface area is 144 Å². The van der Waals surface area contributed by atoms with E-state index in [4.69, 9.17) is 14.7 Å². The van der Waals surface area contributed by atoms with Crippen molar-refractivity contribution >= 4 is 11.8 Å². The lowest BCUT2D eigenvalue weighted by atomic mass is 9.84. The second-order valence-corrected chi connectivity index (χ2v) is 7.55. The van der Waals surface area contributed by atoms with Crippen LogP contribution in [0.1, 0.15) is 30.5 Å². The zero-order valence-corrected chi connectivity index (χ0v) is 15.0. The first-order chi connectivity index (χ1) is 11.7. The van der Waals surface area contributed by atoms with Crippen LogP contribution in [0.15, 0.2) is 0 Å². The first kappa shape index (κ1) is 16.1. The summed E-state index contributed by atoms with van der Waals surface area (Å²) in [7, 11) is 4.19. The van der Waals surface area contributed by atoms with Gasteiger partial charge < -0.3 is 14.5 Å². The molecule has 0 radical (unpaired) electrons. The summed E-state index contributed by atoms with van der Waals surface area (Å²) < 4.78 is 5.46. The molecule has 6 nitrogen and oxygen atoms in total. The minimum absolute atomic E-state index is 0.771. The number of ether oxygens (including phenoxy) is 1. The smallest absolute Gasteiger partial charge is 0.227 e. The average Bonchev–Trinajstić information content (AvgIpc) is 2.57. The molecule has 0 unspecified atom stereocenters. The quantitative estimate of drug-likeness (QED) is 0.834. The van der Waals surface area contributed by atoms with Crippen molar-refractivity contribution in [3.05, 3.63) is 11.3 Å². The highest BCUT2D eigenvalue weighted by atomic mass is 16.5. The molecule has 1 aromatic rings. The minimum Gasteiger partial charge on any atom is -0.378 e. The summed E-state index contributed by atoms with van der Waals surface area (Å²) in [6.45, 7) is 6.70. The maximum absolute atomic E-state index is 5.46. The third-order valence-corrected chi connectivity index (χ3v) is 5.56. The van der Waals surface area contributed by atoms with E-state index in [1.54, 1.807) is 0 Å². The van der Waals surface area contributed by atoms with E-state index in [-0.39, 0.29) is 0 Å². The van der Waals surface area contributed by atoms with E-state index in [0.29, 0.717) is 0 Å². The van der Waals surface area contributed by atoms with E-state index >= 15 is 0 Å². The maximum atomic E-state index is 5.46. The van der Waals surface area contributed by atoms with Gasteiger partial charge >= 0.3 is 0 Å². The number of hydrogen-bond acceptors (Lipinski definition) is 6. The number of nitrogens with zero attached hydrogens (tertiary/aromatic N) is 5. The zero-order chi connectivity index (χ0) is 16.5. The van der Waals surface area contributed by atoms with Crippen molar-refractivity contribution in [3.8, 4) is 0 Å². The molecule has 4 rings (SSSR count). The molecule has 1 aromatic heterocycles. The van der Waals surface area contributed by atoms with Crippen LogP contribution in [0.25, 0.3) is 0 Å². The Morgan fingerprint density at radius 3 is 2.58 bits per heavy atom. The minimum atomic E-state index is 0.771. The summed E-state index contributed by atoms with van der Waals surface area (Å²) in [5.41, 5.74) is 2.59. The van der Waals surface area contributed by atoms with Gasteiger partial charge in [0.05, 0.1) is 18.9 Å². The molecule has 3 aliphatic rings. The largest absolute Gasteiger partial charge is 0.378 e. The molecule has 3 heterocycles. The number of hydrogen-bond donors (Lipinski definition) is 0. The summed E-state index contributed by atoms with van der Waals surface area (Å²) in [4.78, 5) is 16.9. The lowest BCUT2D eigenvalue weighted by Crippen LogP contribution is -2.40. The van der Waals surface area contributed by atoms with E-state index < -0.39 is 0 Å². The Balaban J connectivity index is 1.58. The van der Waals surface area contributed by atoms with Gasteiger partial charge in [-0.15, -0.1) is 0 Å². The molecule has 0 N–H and O–H groups in total. The summed E-state index contributed by atoms with van der Waals surface area (Å²) >= 11 is 0. The van der Waals surface area contributed by atoms with Crippen molar-refractivity contribution in [2.75, 3.05) is 63.3 Å². The molecule has 2 aliphatic heterocycles. The number of rotatable bonds is 4. The third kappa shape index (κ3) is 3.22. The van der Waals surface area contributed by atoms with Crippen molar-refractivity contribution in [2.45, 2.75) is 32.2 Å². The van der Waals surface area contributed by atoms with E-state index in [0.717, 1.165) is 63.5 Å². The monoisotopic (exact) mass is 331 g/mol. The van der Waals surface area contributed by atoms with Gasteiger partial charge in [0.2, 0.25) is 5.95 Å². The molecule has 24 heavy (non-hydrogen) atoms. The molecule has 132 valence electrons. The van der Waals surface area contributed by atoms with Crippen LogP contribution in [0, 0.1) is 5.92 Å². The van der Waals surface area contributed by atoms with Gasteiger partial charge in [-0.3, -0.25) is 4.90 Å². The van der Waals surface area contributed by atoms with Crippen LogP contribution in [-0.4, -0.2) is 68.4 Å². The number of aromatic nitrogens is 2. The van der Waals surface area contributed by atoms with Crippen LogP contribution in [0.2, 0.25) is 0 Å². The van der Waals surface area contributed by atoms with Gasteiger partial charge in [-0.2, -0.15) is 4.98 Å². The lowest BCUT2D eigenvalue weighted by molar-refractivity contribution is 0.122. The molecule has 6 heteroatoms. The van der Waals surface area contributed by atoms with Crippen LogP contribution in [-0.2, 0) is 17.7 Å². The highest BCUT2D eigenvalue weighted by Crippen LogP contribution is 2.32. The van der Waals surface area contributed by atoms with Crippen LogP contribution < -0.4 is 9.80 Å². The van der Waals surface area contributed by atoms with Gasteiger partial charge in [0, 0.05) is 58.8 Å². The summed E-state index contributed by atoms with van der Waals surface area (Å²) in [5.74, 6) is 2.90. The Morgan fingerprint density at radius 2 is 1.92 bits per heavy atom. The van der Waals surface area contributed by atoms with Crippen LogP contribution in [0.4, 0.5) is 11.8 Å². The standard InChI is InChI=1S/C18H29N5O/c1-21(2)17-15-13-22(12-14-4-3-5-14)7-6-16(15)19-18(20-17)23-8-10-24-11-9-23/h14H,3-13H2,1-2H3. The second-order valence-electron chi connectivity index (χ2n) is 7.55. The highest BCUT2D eigenvalue weighted by Gasteiger charge is 2.28. The van der Waals surface area contributed by atoms with Crippen LogP contribution in [0.5, 0.6) is 0 Å². The van der Waals surface area contributed by atoms with E-state index in [2.05, 4.69) is 28.8 Å². The Kier molecular flexibility index (Phi) is 4.59. The molecule has 1 aliphatic carbocycles. The molecule has 0 spiro atoms. The molecule has 0 atom stereocenters. The second kappa shape index (κ2) is 6.84. The summed E-state index contributed by atoms with van der Waals surface area (Å²) in [6.07, 6.45) is 5.29. The van der Waals surface area contributed by atoms with E-state index in [1.807, 2.05) is 0 Å². The molecule has 1 saturated carbocycles. The highest BCUT2D eigenvalue weighted by molar-refractivity contribution is 5.53. The number of anilines is 2. The van der Waals surface area contributed by atoms with Crippen LogP contribution in [0.3, 0.4) is 0 Å². The molecule has 2 fully saturated rings. The fourth-order valence-electron chi connectivity index (χ4n) is 3.91. The molecule has 1 saturated heterocycles. The third-order valence-electron chi connectivity index (χ3n) is 5.56. The topological polar surface area (TPSA) is 44.7 Å². The van der Waals surface area contributed by atoms with Gasteiger partial charge in [-0.05, 0) is 18.8 Å². The van der Waals surface area contributed by atoms with Crippen molar-refractivity contribution < 1.29 is 4.74 Å². The van der Waals surface area contributed by atoms with Gasteiger partial charge in [-0.1, -0.05) is 6.42 Å². The van der Waals surface area contributed by atoms with E-state index in [1.165, 1.54) is 37.1 Å². The molecule has 0 amide bonds. The van der Waals surface area contributed by atoms with Crippen molar-refractivity contribution in [2.24, 2.45) is 5.92 Å². The molecule has 0 aromatic carbocycles. The first-order valence-electron chi connectivity index (χ1n) is 9.33. The summed E-state index contributed by atoms with van der Waals surface area (Å²) in [6, 6.07) is 0. The predicted molar refractivity (Wildman–Crippen MR) is 95.7 cm³/mol. The van der Waals surface area contributed by atoms with Crippen molar-refractivity contribution in [1.29, 1.82) is 0 Å². The number of morpholine rings is 1. The first-order valence-corrected chi connectivity index (χ1v) is 9.33. The van der Waals surface area contributed by atoms with Gasteiger partial charge in [0.15, 0.2) is 0 Å². The fourth-order valence-corrected chi connectivity index (χ4v) is 3.91. The maximum Gasteiger partial charge on any atom is 0.227 e. The Bertz CT molecular complexity index is 581. The van der Waals surface area contributed by atoms with Crippen molar-refractivity contribution in [1.82, 2.24) is 14.9 Å². The lowest BCUT2D eigenvalue weighted by Gasteiger charge is -2.36. The summed E-state index contributed by atoms with van der Waals surface area (Å²) in [5, 5.41) is 0. The normalized spacial score (nSPS) is 22.2. The van der Waals surface area contributed by atoms with Crippen LogP contribution >= 0.6 is 0 Å². The molecular weight excluding hydrogens is 302 g/mol. The van der Waals surface area contributed by atoms with E-state index in [9.17, 15) is 0 Å².